The topological polar surface area (TPSA) is 54.9 Å². The van der Waals surface area contributed by atoms with E-state index in [2.05, 4.69) is 71.9 Å². The maximum atomic E-state index is 5.95. The van der Waals surface area contributed by atoms with E-state index < -0.39 is 0 Å². The van der Waals surface area contributed by atoms with Crippen molar-refractivity contribution >= 4 is 5.96 Å². The number of benzene rings is 2. The molecule has 0 bridgehead atoms. The molecule has 2 aromatic rings. The summed E-state index contributed by atoms with van der Waals surface area (Å²) in [5, 5.41) is 6.72. The number of methoxy groups -OCH3 is 1. The van der Waals surface area contributed by atoms with E-state index in [0.29, 0.717) is 19.8 Å². The van der Waals surface area contributed by atoms with Crippen molar-refractivity contribution in [1.82, 2.24) is 10.6 Å². The van der Waals surface area contributed by atoms with E-state index in [4.69, 9.17) is 9.47 Å². The maximum Gasteiger partial charge on any atom is 0.191 e. The molecule has 27 heavy (non-hydrogen) atoms. The first-order valence-corrected chi connectivity index (χ1v) is 9.33. The van der Waals surface area contributed by atoms with Gasteiger partial charge >= 0.3 is 0 Å². The summed E-state index contributed by atoms with van der Waals surface area (Å²) >= 11 is 0. The standard InChI is InChI=1S/C22H31N3O2/c1-17-7-5-8-19(13-17)15-24-22(23-3)25-16-20-10-9-18(2)14-21(20)27-12-6-11-26-4/h5,7-10,13-14H,6,11-12,15-16H2,1-4H3,(H2,23,24,25). The molecule has 0 amide bonds. The van der Waals surface area contributed by atoms with Crippen LogP contribution in [0.2, 0.25) is 0 Å². The lowest BCUT2D eigenvalue weighted by Crippen LogP contribution is -2.36. The predicted molar refractivity (Wildman–Crippen MR) is 111 cm³/mol. The molecule has 2 rings (SSSR count). The monoisotopic (exact) mass is 369 g/mol. The van der Waals surface area contributed by atoms with Crippen LogP contribution in [0, 0.1) is 13.8 Å². The highest BCUT2D eigenvalue weighted by molar-refractivity contribution is 5.79. The Hall–Kier alpha value is -2.53. The minimum atomic E-state index is 0.643. The minimum absolute atomic E-state index is 0.643. The predicted octanol–water partition coefficient (Wildman–Crippen LogP) is 3.58. The van der Waals surface area contributed by atoms with Gasteiger partial charge in [-0.3, -0.25) is 4.99 Å². The second kappa shape index (κ2) is 11.2. The lowest BCUT2D eigenvalue weighted by Gasteiger charge is -2.15. The van der Waals surface area contributed by atoms with E-state index in [1.807, 2.05) is 0 Å². The fourth-order valence-electron chi connectivity index (χ4n) is 2.74. The van der Waals surface area contributed by atoms with Gasteiger partial charge in [-0.2, -0.15) is 0 Å². The average molecular weight is 370 g/mol. The third kappa shape index (κ3) is 7.31. The maximum absolute atomic E-state index is 5.95. The fourth-order valence-corrected chi connectivity index (χ4v) is 2.74. The summed E-state index contributed by atoms with van der Waals surface area (Å²) in [6.45, 7) is 6.90. The van der Waals surface area contributed by atoms with Gasteiger partial charge in [-0.1, -0.05) is 42.0 Å². The van der Waals surface area contributed by atoms with Crippen LogP contribution in [-0.4, -0.2) is 33.3 Å². The number of aliphatic imine (C=N–C) groups is 1. The summed E-state index contributed by atoms with van der Waals surface area (Å²) in [6, 6.07) is 14.7. The molecule has 0 radical (unpaired) electrons. The smallest absolute Gasteiger partial charge is 0.191 e. The van der Waals surface area contributed by atoms with Gasteiger partial charge in [-0.25, -0.2) is 0 Å². The molecule has 2 aromatic carbocycles. The Morgan fingerprint density at radius 3 is 2.48 bits per heavy atom. The van der Waals surface area contributed by atoms with Gasteiger partial charge in [-0.15, -0.1) is 0 Å². The first kappa shape index (κ1) is 20.8. The Balaban J connectivity index is 1.91. The van der Waals surface area contributed by atoms with Crippen LogP contribution in [0.4, 0.5) is 0 Å². The third-order valence-corrected chi connectivity index (χ3v) is 4.19. The summed E-state index contributed by atoms with van der Waals surface area (Å²) in [5.74, 6) is 1.68. The van der Waals surface area contributed by atoms with Crippen molar-refractivity contribution in [2.75, 3.05) is 27.4 Å². The number of hydrogen-bond acceptors (Lipinski definition) is 3. The highest BCUT2D eigenvalue weighted by Crippen LogP contribution is 2.20. The molecule has 0 aliphatic rings. The summed E-state index contributed by atoms with van der Waals surface area (Å²) in [4.78, 5) is 4.31. The molecular formula is C22H31N3O2. The molecule has 0 aliphatic heterocycles. The Kier molecular flexibility index (Phi) is 8.65. The molecule has 2 N–H and O–H groups in total. The molecular weight excluding hydrogens is 338 g/mol. The Morgan fingerprint density at radius 2 is 1.74 bits per heavy atom. The highest BCUT2D eigenvalue weighted by Gasteiger charge is 2.06. The third-order valence-electron chi connectivity index (χ3n) is 4.19. The van der Waals surface area contributed by atoms with Crippen molar-refractivity contribution < 1.29 is 9.47 Å². The van der Waals surface area contributed by atoms with E-state index in [-0.39, 0.29) is 0 Å². The highest BCUT2D eigenvalue weighted by atomic mass is 16.5. The number of nitrogens with one attached hydrogen (secondary N) is 2. The Labute approximate surface area is 162 Å². The molecule has 5 heteroatoms. The van der Waals surface area contributed by atoms with Crippen LogP contribution < -0.4 is 15.4 Å². The van der Waals surface area contributed by atoms with Gasteiger partial charge in [0.05, 0.1) is 6.61 Å². The number of ether oxygens (including phenoxy) is 2. The molecule has 0 saturated carbocycles. The van der Waals surface area contributed by atoms with Crippen molar-refractivity contribution in [1.29, 1.82) is 0 Å². The SMILES string of the molecule is CN=C(NCc1cccc(C)c1)NCc1ccc(C)cc1OCCCOC. The normalized spacial score (nSPS) is 11.3. The van der Waals surface area contributed by atoms with Gasteiger partial charge in [0.15, 0.2) is 5.96 Å². The van der Waals surface area contributed by atoms with Crippen LogP contribution in [0.25, 0.3) is 0 Å². The molecule has 146 valence electrons. The van der Waals surface area contributed by atoms with Crippen LogP contribution in [0.1, 0.15) is 28.7 Å². The summed E-state index contributed by atoms with van der Waals surface area (Å²) in [5.41, 5.74) is 4.78. The van der Waals surface area contributed by atoms with Gasteiger partial charge in [-0.05, 0) is 31.0 Å². The van der Waals surface area contributed by atoms with E-state index in [1.165, 1.54) is 16.7 Å². The molecule has 0 heterocycles. The summed E-state index contributed by atoms with van der Waals surface area (Å²) in [6.07, 6.45) is 0.872. The number of rotatable bonds is 9. The van der Waals surface area contributed by atoms with Crippen molar-refractivity contribution in [3.8, 4) is 5.75 Å². The van der Waals surface area contributed by atoms with Crippen molar-refractivity contribution in [3.63, 3.8) is 0 Å². The zero-order valence-electron chi connectivity index (χ0n) is 16.8. The van der Waals surface area contributed by atoms with Gasteiger partial charge in [0.25, 0.3) is 0 Å². The molecule has 0 spiro atoms. The number of guanidine groups is 1. The van der Waals surface area contributed by atoms with Crippen molar-refractivity contribution in [2.45, 2.75) is 33.4 Å². The van der Waals surface area contributed by atoms with Crippen LogP contribution in [0.3, 0.4) is 0 Å². The molecule has 0 saturated heterocycles. The molecule has 0 aliphatic carbocycles. The van der Waals surface area contributed by atoms with E-state index >= 15 is 0 Å². The van der Waals surface area contributed by atoms with Crippen LogP contribution in [-0.2, 0) is 17.8 Å². The largest absolute Gasteiger partial charge is 0.493 e. The number of nitrogens with zero attached hydrogens (tertiary/aromatic N) is 1. The number of hydrogen-bond donors (Lipinski definition) is 2. The lowest BCUT2D eigenvalue weighted by atomic mass is 10.1. The molecule has 0 fully saturated rings. The Morgan fingerprint density at radius 1 is 0.963 bits per heavy atom. The Bertz CT molecular complexity index is 744. The molecule has 0 aromatic heterocycles. The van der Waals surface area contributed by atoms with Gasteiger partial charge in [0, 0.05) is 45.8 Å². The van der Waals surface area contributed by atoms with E-state index in [0.717, 1.165) is 30.2 Å². The van der Waals surface area contributed by atoms with Gasteiger partial charge < -0.3 is 20.1 Å². The lowest BCUT2D eigenvalue weighted by molar-refractivity contribution is 0.171. The first-order chi connectivity index (χ1) is 13.1. The second-order valence-electron chi connectivity index (χ2n) is 6.57. The number of aryl methyl sites for hydroxylation is 2. The van der Waals surface area contributed by atoms with E-state index in [9.17, 15) is 0 Å². The second-order valence-corrected chi connectivity index (χ2v) is 6.57. The zero-order valence-corrected chi connectivity index (χ0v) is 16.8. The quantitative estimate of drug-likeness (QED) is 0.403. The van der Waals surface area contributed by atoms with Crippen molar-refractivity contribution in [3.05, 3.63) is 64.7 Å². The van der Waals surface area contributed by atoms with Crippen LogP contribution >= 0.6 is 0 Å². The minimum Gasteiger partial charge on any atom is -0.493 e. The van der Waals surface area contributed by atoms with Gasteiger partial charge in [0.1, 0.15) is 5.75 Å². The molecule has 5 nitrogen and oxygen atoms in total. The summed E-state index contributed by atoms with van der Waals surface area (Å²) < 4.78 is 11.0. The summed E-state index contributed by atoms with van der Waals surface area (Å²) in [7, 11) is 3.49. The average Bonchev–Trinajstić information content (AvgIpc) is 2.66. The zero-order chi connectivity index (χ0) is 19.5. The van der Waals surface area contributed by atoms with Crippen LogP contribution in [0.15, 0.2) is 47.5 Å². The first-order valence-electron chi connectivity index (χ1n) is 9.33. The molecule has 0 atom stereocenters. The van der Waals surface area contributed by atoms with Gasteiger partial charge in [0.2, 0.25) is 0 Å². The molecule has 0 unspecified atom stereocenters. The van der Waals surface area contributed by atoms with E-state index in [1.54, 1.807) is 14.2 Å². The fraction of sp³-hybridized carbons (Fsp3) is 0.409. The van der Waals surface area contributed by atoms with Crippen LogP contribution in [0.5, 0.6) is 5.75 Å². The van der Waals surface area contributed by atoms with Crippen molar-refractivity contribution in [2.24, 2.45) is 4.99 Å².